The minimum absolute atomic E-state index is 0.107. The maximum atomic E-state index is 6.89. The maximum Gasteiger partial charge on any atom is 0.336 e. The van der Waals surface area contributed by atoms with Crippen LogP contribution in [0.1, 0.15) is 0 Å². The van der Waals surface area contributed by atoms with Crippen molar-refractivity contribution in [2.24, 2.45) is 0 Å². The molecule has 0 radical (unpaired) electrons. The Kier molecular flexibility index (Phi) is 4.77. The molecule has 2 aliphatic rings. The Bertz CT molecular complexity index is 3010. The van der Waals surface area contributed by atoms with Crippen LogP contribution in [0.5, 0.6) is 0 Å². The molecule has 10 aromatic rings. The first-order valence-electron chi connectivity index (χ1n) is 16.9. The predicted molar refractivity (Wildman–Crippen MR) is 204 cm³/mol. The van der Waals surface area contributed by atoms with Gasteiger partial charge in [0.15, 0.2) is 5.88 Å². The van der Waals surface area contributed by atoms with Crippen LogP contribution >= 0.6 is 0 Å². The van der Waals surface area contributed by atoms with E-state index in [2.05, 4.69) is 172 Å². The third kappa shape index (κ3) is 3.11. The summed E-state index contributed by atoms with van der Waals surface area (Å²) < 4.78 is 11.9. The van der Waals surface area contributed by atoms with E-state index >= 15 is 0 Å². The normalized spacial score (nSPS) is 13.2. The minimum Gasteiger partial charge on any atom is -0.441 e. The van der Waals surface area contributed by atoms with Gasteiger partial charge in [-0.3, -0.25) is 0 Å². The molecule has 0 atom stereocenters. The summed E-state index contributed by atoms with van der Waals surface area (Å²) in [6, 6.07) is 57.2. The van der Waals surface area contributed by atoms with E-state index in [9.17, 15) is 0 Å². The molecule has 4 nitrogen and oxygen atoms in total. The van der Waals surface area contributed by atoms with Crippen LogP contribution in [0.3, 0.4) is 0 Å². The second-order valence-corrected chi connectivity index (χ2v) is 13.3. The number of hydrogen-bond acceptors (Lipinski definition) is 2. The highest BCUT2D eigenvalue weighted by Crippen LogP contribution is 2.49. The van der Waals surface area contributed by atoms with Crippen molar-refractivity contribution in [1.82, 2.24) is 9.13 Å². The number of rotatable bonds is 2. The molecule has 3 aromatic heterocycles. The van der Waals surface area contributed by atoms with E-state index in [4.69, 9.17) is 4.42 Å². The van der Waals surface area contributed by atoms with E-state index in [-0.39, 0.29) is 6.85 Å². The van der Waals surface area contributed by atoms with Crippen molar-refractivity contribution in [3.63, 3.8) is 0 Å². The lowest BCUT2D eigenvalue weighted by molar-refractivity contribution is 0.625. The summed E-state index contributed by atoms with van der Waals surface area (Å²) in [5, 5.41) is 6.19. The molecule has 5 heterocycles. The molecule has 7 aromatic carbocycles. The van der Waals surface area contributed by atoms with Crippen molar-refractivity contribution in [2.75, 3.05) is 4.81 Å². The van der Waals surface area contributed by atoms with E-state index in [1.54, 1.807) is 0 Å². The van der Waals surface area contributed by atoms with Gasteiger partial charge in [-0.1, -0.05) is 109 Å². The zero-order valence-corrected chi connectivity index (χ0v) is 26.3. The lowest BCUT2D eigenvalue weighted by atomic mass is 9.44. The average molecular weight is 624 g/mol. The van der Waals surface area contributed by atoms with Crippen molar-refractivity contribution in [1.29, 1.82) is 0 Å². The van der Waals surface area contributed by atoms with Gasteiger partial charge < -0.3 is 18.4 Å². The van der Waals surface area contributed by atoms with Crippen molar-refractivity contribution >= 4 is 83.9 Å². The summed E-state index contributed by atoms with van der Waals surface area (Å²) in [4.78, 5) is 2.46. The highest BCUT2D eigenvalue weighted by molar-refractivity contribution is 6.94. The van der Waals surface area contributed by atoms with Crippen LogP contribution in [0.2, 0.25) is 0 Å². The number of fused-ring (bicyclic) bond motifs is 13. The molecule has 5 heteroatoms. The standard InChI is InChI=1S/C44H26BN3O/c1-3-14-27(15-4-1)46-35-22-10-7-18-29(35)33-26-34-43-40(42(33)46)30-19-8-11-23-36(30)47(43)37-24-13-21-32-39-31-20-9-12-25-38(31)49-44(39)48(45(34)41(32)37)28-16-5-2-6-17-28/h1-26H. The Balaban J connectivity index is 1.33. The number of hydrogen-bond donors (Lipinski definition) is 0. The average Bonchev–Trinajstić information content (AvgIpc) is 3.83. The Morgan fingerprint density at radius 3 is 1.94 bits per heavy atom. The van der Waals surface area contributed by atoms with Gasteiger partial charge in [-0.2, -0.15) is 0 Å². The van der Waals surface area contributed by atoms with E-state index in [0.29, 0.717) is 0 Å². The van der Waals surface area contributed by atoms with Crippen LogP contribution in [-0.4, -0.2) is 16.0 Å². The smallest absolute Gasteiger partial charge is 0.336 e. The van der Waals surface area contributed by atoms with Crippen LogP contribution in [0.15, 0.2) is 162 Å². The third-order valence-corrected chi connectivity index (χ3v) is 10.9. The molecule has 12 rings (SSSR count). The largest absolute Gasteiger partial charge is 0.441 e. The van der Waals surface area contributed by atoms with Gasteiger partial charge in [0.25, 0.3) is 0 Å². The molecule has 0 saturated heterocycles. The van der Waals surface area contributed by atoms with E-state index in [1.807, 2.05) is 0 Å². The monoisotopic (exact) mass is 623 g/mol. The molecule has 226 valence electrons. The van der Waals surface area contributed by atoms with Crippen LogP contribution in [0.4, 0.5) is 11.6 Å². The predicted octanol–water partition coefficient (Wildman–Crippen LogP) is 9.86. The lowest BCUT2D eigenvalue weighted by Crippen LogP contribution is -2.60. The Hall–Kier alpha value is -6.46. The topological polar surface area (TPSA) is 26.2 Å². The van der Waals surface area contributed by atoms with Gasteiger partial charge in [0.1, 0.15) is 5.58 Å². The maximum absolute atomic E-state index is 6.89. The van der Waals surface area contributed by atoms with Crippen molar-refractivity contribution in [3.8, 4) is 22.5 Å². The summed E-state index contributed by atoms with van der Waals surface area (Å²) >= 11 is 0. The van der Waals surface area contributed by atoms with E-state index in [1.165, 1.54) is 65.8 Å². The fourth-order valence-electron chi connectivity index (χ4n) is 9.05. The van der Waals surface area contributed by atoms with Gasteiger partial charge in [-0.25, -0.2) is 0 Å². The summed E-state index contributed by atoms with van der Waals surface area (Å²) in [6.07, 6.45) is 0. The SMILES string of the molecule is c1ccc(N2B3c4c(cccc4-n4c5ccccc5c5c4c3cc3c4ccccc4n(-c4ccccc4)c35)-c3c2oc2ccccc32)cc1. The first-order chi connectivity index (χ1) is 24.4. The number of nitrogens with zero attached hydrogens (tertiary/aromatic N) is 3. The van der Waals surface area contributed by atoms with Crippen LogP contribution in [0.25, 0.3) is 77.1 Å². The molecule has 0 spiro atoms. The molecule has 0 amide bonds. The molecule has 0 N–H and O–H groups in total. The number of furan rings is 1. The fraction of sp³-hybridized carbons (Fsp3) is 0. The molecule has 0 bridgehead atoms. The third-order valence-electron chi connectivity index (χ3n) is 10.9. The highest BCUT2D eigenvalue weighted by atomic mass is 16.4. The van der Waals surface area contributed by atoms with Gasteiger partial charge in [0.05, 0.1) is 27.6 Å². The molecule has 0 fully saturated rings. The van der Waals surface area contributed by atoms with Crippen LogP contribution in [-0.2, 0) is 0 Å². The Morgan fingerprint density at radius 2 is 1.14 bits per heavy atom. The zero-order chi connectivity index (χ0) is 31.8. The summed E-state index contributed by atoms with van der Waals surface area (Å²) in [6.45, 7) is -0.107. The molecular weight excluding hydrogens is 597 g/mol. The zero-order valence-electron chi connectivity index (χ0n) is 26.3. The quantitative estimate of drug-likeness (QED) is 0.179. The van der Waals surface area contributed by atoms with Gasteiger partial charge >= 0.3 is 6.85 Å². The Morgan fingerprint density at radius 1 is 0.490 bits per heavy atom. The lowest BCUT2D eigenvalue weighted by Gasteiger charge is -2.39. The fourth-order valence-corrected chi connectivity index (χ4v) is 9.05. The number of para-hydroxylation sites is 5. The Labute approximate surface area is 281 Å². The van der Waals surface area contributed by atoms with Gasteiger partial charge in [-0.15, -0.1) is 0 Å². The van der Waals surface area contributed by atoms with Gasteiger partial charge in [-0.05, 0) is 65.0 Å². The second kappa shape index (κ2) is 9.12. The number of benzene rings is 7. The van der Waals surface area contributed by atoms with E-state index < -0.39 is 0 Å². The summed E-state index contributed by atoms with van der Waals surface area (Å²) in [5.74, 6) is 0.895. The molecule has 0 saturated carbocycles. The van der Waals surface area contributed by atoms with Gasteiger partial charge in [0, 0.05) is 44.0 Å². The minimum atomic E-state index is -0.107. The van der Waals surface area contributed by atoms with E-state index in [0.717, 1.165) is 33.8 Å². The first-order valence-corrected chi connectivity index (χ1v) is 16.9. The molecule has 0 aliphatic carbocycles. The molecule has 0 unspecified atom stereocenters. The van der Waals surface area contributed by atoms with Crippen LogP contribution in [0, 0.1) is 0 Å². The first kappa shape index (κ1) is 25.6. The molecule has 49 heavy (non-hydrogen) atoms. The highest BCUT2D eigenvalue weighted by Gasteiger charge is 2.46. The second-order valence-electron chi connectivity index (χ2n) is 13.3. The van der Waals surface area contributed by atoms with Gasteiger partial charge in [0.2, 0.25) is 0 Å². The molecule has 2 aliphatic heterocycles. The van der Waals surface area contributed by atoms with Crippen molar-refractivity contribution in [3.05, 3.63) is 158 Å². The van der Waals surface area contributed by atoms with Crippen LogP contribution < -0.4 is 15.7 Å². The number of anilines is 2. The summed E-state index contributed by atoms with van der Waals surface area (Å²) in [5.41, 5.74) is 14.3. The summed E-state index contributed by atoms with van der Waals surface area (Å²) in [7, 11) is 0. The van der Waals surface area contributed by atoms with Crippen molar-refractivity contribution in [2.45, 2.75) is 0 Å². The van der Waals surface area contributed by atoms with Crippen molar-refractivity contribution < 1.29 is 4.42 Å². The molecular formula is C44H26BN3O. The number of aromatic nitrogens is 2.